The van der Waals surface area contributed by atoms with Gasteiger partial charge in [0, 0.05) is 22.9 Å². The largest absolute Gasteiger partial charge is 0.480 e. The number of hydrogen-bond donors (Lipinski definition) is 7. The average molecular weight is 520 g/mol. The van der Waals surface area contributed by atoms with Crippen molar-refractivity contribution in [3.05, 3.63) is 36.0 Å². The highest BCUT2D eigenvalue weighted by atomic mass is 32.1. The van der Waals surface area contributed by atoms with Crippen LogP contribution in [0.25, 0.3) is 10.9 Å². The molecule has 1 aromatic carbocycles. The van der Waals surface area contributed by atoms with Gasteiger partial charge in [-0.25, -0.2) is 4.79 Å². The summed E-state index contributed by atoms with van der Waals surface area (Å²) in [6, 6.07) is 3.69. The van der Waals surface area contributed by atoms with Gasteiger partial charge in [-0.1, -0.05) is 52.3 Å². The molecule has 3 amide bonds. The fourth-order valence-corrected chi connectivity index (χ4v) is 4.06. The van der Waals surface area contributed by atoms with E-state index in [1.165, 1.54) is 0 Å². The Balaban J connectivity index is 2.11. The van der Waals surface area contributed by atoms with E-state index in [0.29, 0.717) is 6.42 Å². The Morgan fingerprint density at radius 1 is 1.00 bits per heavy atom. The summed E-state index contributed by atoms with van der Waals surface area (Å²) in [4.78, 5) is 53.4. The number of thiol groups is 1. The highest BCUT2D eigenvalue weighted by Crippen LogP contribution is 2.19. The van der Waals surface area contributed by atoms with Crippen molar-refractivity contribution >= 4 is 47.2 Å². The van der Waals surface area contributed by atoms with Gasteiger partial charge >= 0.3 is 5.97 Å². The third-order valence-corrected chi connectivity index (χ3v) is 6.65. The Morgan fingerprint density at radius 3 is 2.19 bits per heavy atom. The molecule has 0 aliphatic heterocycles. The van der Waals surface area contributed by atoms with Crippen LogP contribution in [-0.2, 0) is 25.6 Å². The van der Waals surface area contributed by atoms with Crippen molar-refractivity contribution in [3.8, 4) is 0 Å². The zero-order chi connectivity index (χ0) is 27.0. The number of amides is 3. The second-order valence-electron chi connectivity index (χ2n) is 9.35. The second-order valence-corrected chi connectivity index (χ2v) is 9.72. The summed E-state index contributed by atoms with van der Waals surface area (Å²) in [6.07, 6.45) is 2.65. The number of aromatic nitrogens is 1. The summed E-state index contributed by atoms with van der Waals surface area (Å²) >= 11 is 3.97. The molecule has 0 saturated heterocycles. The van der Waals surface area contributed by atoms with E-state index in [2.05, 4.69) is 33.6 Å². The molecule has 0 aliphatic rings. The number of nitrogens with two attached hydrogens (primary N) is 1. The number of hydrogen-bond acceptors (Lipinski definition) is 6. The van der Waals surface area contributed by atoms with Crippen LogP contribution < -0.4 is 21.7 Å². The number of fused-ring (bicyclic) bond motifs is 1. The maximum atomic E-state index is 13.2. The number of rotatable bonds is 13. The number of carbonyl (C=O) groups excluding carboxylic acids is 3. The monoisotopic (exact) mass is 519 g/mol. The van der Waals surface area contributed by atoms with E-state index in [-0.39, 0.29) is 24.0 Å². The molecule has 0 saturated carbocycles. The van der Waals surface area contributed by atoms with Crippen LogP contribution in [-0.4, -0.2) is 63.7 Å². The number of aliphatic carboxylic acids is 1. The van der Waals surface area contributed by atoms with Crippen LogP contribution in [0.15, 0.2) is 30.5 Å². The molecule has 10 nitrogen and oxygen atoms in total. The van der Waals surface area contributed by atoms with E-state index in [0.717, 1.165) is 16.5 Å². The molecule has 5 unspecified atom stereocenters. The van der Waals surface area contributed by atoms with Gasteiger partial charge < -0.3 is 31.8 Å². The molecule has 2 rings (SSSR count). The average Bonchev–Trinajstić information content (AvgIpc) is 3.25. The predicted molar refractivity (Wildman–Crippen MR) is 142 cm³/mol. The smallest absolute Gasteiger partial charge is 0.327 e. The quantitative estimate of drug-likeness (QED) is 0.196. The van der Waals surface area contributed by atoms with Crippen molar-refractivity contribution in [1.82, 2.24) is 20.9 Å². The number of aromatic amines is 1. The molecule has 198 valence electrons. The first kappa shape index (κ1) is 29.2. The number of carboxylic acid groups (broad SMARTS) is 1. The SMILES string of the molecule is CCC(C)C(NC(=O)C(NC(=O)C(N)Cc1c[nH]c2ccccc12)C(C)C)C(=O)NC(CS)C(=O)O. The molecular weight excluding hydrogens is 482 g/mol. The van der Waals surface area contributed by atoms with Crippen LogP contribution in [0.1, 0.15) is 39.7 Å². The van der Waals surface area contributed by atoms with E-state index >= 15 is 0 Å². The lowest BCUT2D eigenvalue weighted by Gasteiger charge is -2.29. The zero-order valence-corrected chi connectivity index (χ0v) is 22.0. The van der Waals surface area contributed by atoms with Crippen molar-refractivity contribution in [2.45, 2.75) is 64.7 Å². The van der Waals surface area contributed by atoms with Crippen molar-refractivity contribution in [1.29, 1.82) is 0 Å². The van der Waals surface area contributed by atoms with Crippen molar-refractivity contribution in [2.75, 3.05) is 5.75 Å². The Hall–Kier alpha value is -3.05. The molecule has 36 heavy (non-hydrogen) atoms. The minimum absolute atomic E-state index is 0.0960. The van der Waals surface area contributed by atoms with Crippen molar-refractivity contribution in [2.24, 2.45) is 17.6 Å². The van der Waals surface area contributed by atoms with Gasteiger partial charge in [0.1, 0.15) is 18.1 Å². The van der Waals surface area contributed by atoms with Gasteiger partial charge in [0.15, 0.2) is 0 Å². The molecule has 0 fully saturated rings. The first-order valence-corrected chi connectivity index (χ1v) is 12.7. The minimum Gasteiger partial charge on any atom is -0.480 e. The Kier molecular flexibility index (Phi) is 10.8. The van der Waals surface area contributed by atoms with Gasteiger partial charge in [-0.05, 0) is 29.9 Å². The molecular formula is C25H37N5O5S. The third kappa shape index (κ3) is 7.47. The molecule has 0 radical (unpaired) electrons. The molecule has 1 heterocycles. The number of nitrogens with one attached hydrogen (secondary N) is 4. The summed E-state index contributed by atoms with van der Waals surface area (Å²) < 4.78 is 0. The van der Waals surface area contributed by atoms with Crippen molar-refractivity contribution < 1.29 is 24.3 Å². The Bertz CT molecular complexity index is 1070. The normalized spacial score (nSPS) is 15.5. The van der Waals surface area contributed by atoms with E-state index in [1.807, 2.05) is 37.4 Å². The molecule has 5 atom stereocenters. The molecule has 1 aromatic heterocycles. The Labute approximate surface area is 216 Å². The summed E-state index contributed by atoms with van der Waals surface area (Å²) in [7, 11) is 0. The van der Waals surface area contributed by atoms with Crippen LogP contribution in [0, 0.1) is 11.8 Å². The zero-order valence-electron chi connectivity index (χ0n) is 21.1. The lowest BCUT2D eigenvalue weighted by molar-refractivity contribution is -0.142. The first-order valence-electron chi connectivity index (χ1n) is 12.0. The van der Waals surface area contributed by atoms with Crippen molar-refractivity contribution in [3.63, 3.8) is 0 Å². The molecule has 0 bridgehead atoms. The summed E-state index contributed by atoms with van der Waals surface area (Å²) in [5, 5.41) is 18.0. The third-order valence-electron chi connectivity index (χ3n) is 6.29. The fourth-order valence-electron chi connectivity index (χ4n) is 3.82. The summed E-state index contributed by atoms with van der Waals surface area (Å²) in [5.74, 6) is -3.54. The van der Waals surface area contributed by atoms with Crippen LogP contribution in [0.2, 0.25) is 0 Å². The number of H-pyrrole nitrogens is 1. The lowest BCUT2D eigenvalue weighted by atomic mass is 9.96. The van der Waals surface area contributed by atoms with E-state index in [1.54, 1.807) is 20.8 Å². The summed E-state index contributed by atoms with van der Waals surface area (Å²) in [6.45, 7) is 7.18. The van der Waals surface area contributed by atoms with Crippen LogP contribution in [0.4, 0.5) is 0 Å². The van der Waals surface area contributed by atoms with Gasteiger partial charge in [0.05, 0.1) is 6.04 Å². The number of carboxylic acids is 1. The lowest BCUT2D eigenvalue weighted by Crippen LogP contribution is -2.60. The maximum Gasteiger partial charge on any atom is 0.327 e. The van der Waals surface area contributed by atoms with E-state index < -0.39 is 47.9 Å². The highest BCUT2D eigenvalue weighted by Gasteiger charge is 2.33. The standard InChI is InChI=1S/C25H37N5O5S/c1-5-14(4)21(24(33)28-19(12-36)25(34)35)30-23(32)20(13(2)3)29-22(31)17(26)10-15-11-27-18-9-7-6-8-16(15)18/h6-9,11,13-14,17,19-21,27,36H,5,10,12,26H2,1-4H3,(H,28,33)(H,29,31)(H,30,32)(H,34,35). The number of carbonyl (C=O) groups is 4. The first-order chi connectivity index (χ1) is 17.0. The van der Waals surface area contributed by atoms with Gasteiger partial charge in [0.25, 0.3) is 0 Å². The van der Waals surface area contributed by atoms with Gasteiger partial charge in [0.2, 0.25) is 17.7 Å². The maximum absolute atomic E-state index is 13.2. The minimum atomic E-state index is -1.22. The summed E-state index contributed by atoms with van der Waals surface area (Å²) in [5.41, 5.74) is 8.02. The highest BCUT2D eigenvalue weighted by molar-refractivity contribution is 7.80. The van der Waals surface area contributed by atoms with Crippen LogP contribution >= 0.6 is 12.6 Å². The van der Waals surface area contributed by atoms with Gasteiger partial charge in [-0.2, -0.15) is 12.6 Å². The molecule has 11 heteroatoms. The van der Waals surface area contributed by atoms with E-state index in [9.17, 15) is 24.3 Å². The van der Waals surface area contributed by atoms with E-state index in [4.69, 9.17) is 5.73 Å². The van der Waals surface area contributed by atoms with Crippen LogP contribution in [0.5, 0.6) is 0 Å². The topological polar surface area (TPSA) is 166 Å². The molecule has 0 aliphatic carbocycles. The molecule has 0 spiro atoms. The Morgan fingerprint density at radius 2 is 1.61 bits per heavy atom. The predicted octanol–water partition coefficient (Wildman–Crippen LogP) is 1.21. The molecule has 7 N–H and O–H groups in total. The number of para-hydroxylation sites is 1. The molecule has 2 aromatic rings. The van der Waals surface area contributed by atoms with Gasteiger partial charge in [-0.3, -0.25) is 14.4 Å². The van der Waals surface area contributed by atoms with Gasteiger partial charge in [-0.15, -0.1) is 0 Å². The number of benzene rings is 1. The van der Waals surface area contributed by atoms with Crippen LogP contribution in [0.3, 0.4) is 0 Å². The fraction of sp³-hybridized carbons (Fsp3) is 0.520. The second kappa shape index (κ2) is 13.3.